The molecule has 0 spiro atoms. The summed E-state index contributed by atoms with van der Waals surface area (Å²) in [5, 5.41) is 22.9. The Morgan fingerprint density at radius 1 is 1.13 bits per heavy atom. The number of nitrogens with two attached hydrogens (primary N) is 1. The highest BCUT2D eigenvalue weighted by atomic mass is 16.4. The van der Waals surface area contributed by atoms with Crippen molar-refractivity contribution < 1.29 is 34.2 Å². The molecule has 0 aromatic heterocycles. The molecule has 2 rings (SSSR count). The summed E-state index contributed by atoms with van der Waals surface area (Å²) in [6.07, 6.45) is 0.422. The third kappa shape index (κ3) is 7.07. The van der Waals surface area contributed by atoms with E-state index in [1.165, 1.54) is 4.90 Å². The number of benzene rings is 1. The number of carboxylic acids is 2. The largest absolute Gasteiger partial charge is 0.481 e. The molecule has 0 radical (unpaired) electrons. The summed E-state index contributed by atoms with van der Waals surface area (Å²) < 4.78 is 0. The Morgan fingerprint density at radius 3 is 2.42 bits per heavy atom. The van der Waals surface area contributed by atoms with E-state index in [1.54, 1.807) is 30.3 Å². The van der Waals surface area contributed by atoms with Gasteiger partial charge in [0.25, 0.3) is 0 Å². The molecule has 0 bridgehead atoms. The van der Waals surface area contributed by atoms with Crippen molar-refractivity contribution in [1.82, 2.24) is 15.5 Å². The van der Waals surface area contributed by atoms with E-state index in [4.69, 9.17) is 10.8 Å². The zero-order valence-corrected chi connectivity index (χ0v) is 16.8. The molecule has 3 amide bonds. The highest BCUT2D eigenvalue weighted by molar-refractivity contribution is 5.94. The van der Waals surface area contributed by atoms with Crippen LogP contribution < -0.4 is 16.4 Å². The number of carboxylic acid groups (broad SMARTS) is 2. The molecule has 3 atom stereocenters. The molecular weight excluding hydrogens is 408 g/mol. The normalized spacial score (nSPS) is 17.5. The molecule has 168 valence electrons. The number of hydrogen-bond donors (Lipinski definition) is 5. The smallest absolute Gasteiger partial charge is 0.326 e. The Hall–Kier alpha value is -3.47. The topological polar surface area (TPSA) is 179 Å². The number of amides is 3. The first-order chi connectivity index (χ1) is 14.7. The molecule has 0 saturated carbocycles. The quantitative estimate of drug-likeness (QED) is 0.302. The Balaban J connectivity index is 1.88. The predicted octanol–water partition coefficient (Wildman–Crippen LogP) is -1.29. The van der Waals surface area contributed by atoms with Crippen LogP contribution in [0.2, 0.25) is 0 Å². The summed E-state index contributed by atoms with van der Waals surface area (Å²) >= 11 is 0. The molecule has 1 aliphatic rings. The summed E-state index contributed by atoms with van der Waals surface area (Å²) in [7, 11) is 0. The van der Waals surface area contributed by atoms with Crippen molar-refractivity contribution in [2.24, 2.45) is 5.73 Å². The number of hydrogen-bond acceptors (Lipinski definition) is 6. The minimum absolute atomic E-state index is 0.0855. The minimum atomic E-state index is -1.26. The van der Waals surface area contributed by atoms with Gasteiger partial charge in [0.1, 0.15) is 12.1 Å². The van der Waals surface area contributed by atoms with Gasteiger partial charge in [0.15, 0.2) is 0 Å². The van der Waals surface area contributed by atoms with Gasteiger partial charge in [-0.15, -0.1) is 0 Å². The third-order valence-electron chi connectivity index (χ3n) is 4.89. The SMILES string of the molecule is NC(CC(=O)O)C(=O)N1CCCC1C(=O)NCC(=O)NC(Cc1ccccc1)C(=O)O. The maximum Gasteiger partial charge on any atom is 0.326 e. The van der Waals surface area contributed by atoms with Gasteiger partial charge >= 0.3 is 11.9 Å². The van der Waals surface area contributed by atoms with Crippen LogP contribution in [0.25, 0.3) is 0 Å². The summed E-state index contributed by atoms with van der Waals surface area (Å²) in [5.74, 6) is -4.34. The summed E-state index contributed by atoms with van der Waals surface area (Å²) in [6, 6.07) is 5.50. The van der Waals surface area contributed by atoms with Crippen LogP contribution in [0.1, 0.15) is 24.8 Å². The average Bonchev–Trinajstić information content (AvgIpc) is 3.21. The summed E-state index contributed by atoms with van der Waals surface area (Å²) in [6.45, 7) is -0.203. The fraction of sp³-hybridized carbons (Fsp3) is 0.450. The molecular formula is C20H26N4O7. The van der Waals surface area contributed by atoms with Gasteiger partial charge in [-0.05, 0) is 18.4 Å². The Labute approximate surface area is 178 Å². The number of aliphatic carboxylic acids is 2. The van der Waals surface area contributed by atoms with Crippen LogP contribution in [-0.2, 0) is 30.4 Å². The van der Waals surface area contributed by atoms with Gasteiger partial charge in [-0.3, -0.25) is 19.2 Å². The number of carbonyl (C=O) groups excluding carboxylic acids is 3. The second kappa shape index (κ2) is 11.1. The van der Waals surface area contributed by atoms with E-state index in [9.17, 15) is 29.1 Å². The van der Waals surface area contributed by atoms with E-state index in [0.717, 1.165) is 5.56 Å². The van der Waals surface area contributed by atoms with E-state index in [0.29, 0.717) is 12.8 Å². The van der Waals surface area contributed by atoms with Crippen LogP contribution in [0.5, 0.6) is 0 Å². The first kappa shape index (κ1) is 23.8. The van der Waals surface area contributed by atoms with Crippen LogP contribution >= 0.6 is 0 Å². The van der Waals surface area contributed by atoms with Crippen molar-refractivity contribution in [1.29, 1.82) is 0 Å². The van der Waals surface area contributed by atoms with E-state index >= 15 is 0 Å². The highest BCUT2D eigenvalue weighted by Crippen LogP contribution is 2.18. The number of carbonyl (C=O) groups is 5. The number of nitrogens with one attached hydrogen (secondary N) is 2. The highest BCUT2D eigenvalue weighted by Gasteiger charge is 2.36. The molecule has 11 heteroatoms. The molecule has 1 fully saturated rings. The molecule has 1 aromatic rings. The first-order valence-electron chi connectivity index (χ1n) is 9.80. The van der Waals surface area contributed by atoms with Crippen LogP contribution in [0.3, 0.4) is 0 Å². The van der Waals surface area contributed by atoms with Crippen molar-refractivity contribution in [2.75, 3.05) is 13.1 Å². The molecule has 31 heavy (non-hydrogen) atoms. The van der Waals surface area contributed by atoms with Gasteiger partial charge in [-0.25, -0.2) is 4.79 Å². The van der Waals surface area contributed by atoms with Crippen molar-refractivity contribution in [3.8, 4) is 0 Å². The lowest BCUT2D eigenvalue weighted by atomic mass is 10.1. The van der Waals surface area contributed by atoms with Gasteiger partial charge in [0.2, 0.25) is 17.7 Å². The standard InChI is InChI=1S/C20H26N4O7/c21-13(10-17(26)27)19(29)24-8-4-7-15(24)18(28)22-11-16(25)23-14(20(30)31)9-12-5-2-1-3-6-12/h1-3,5-6,13-15H,4,7-11,21H2,(H,22,28)(H,23,25)(H,26,27)(H,30,31). The average molecular weight is 434 g/mol. The Bertz CT molecular complexity index is 830. The van der Waals surface area contributed by atoms with Crippen molar-refractivity contribution in [3.05, 3.63) is 35.9 Å². The molecule has 3 unspecified atom stereocenters. The molecule has 1 heterocycles. The number of likely N-dealkylation sites (tertiary alicyclic amines) is 1. The van der Waals surface area contributed by atoms with Gasteiger partial charge in [0, 0.05) is 13.0 Å². The molecule has 11 nitrogen and oxygen atoms in total. The Kier molecular flexibility index (Phi) is 8.50. The molecule has 0 aliphatic carbocycles. The number of rotatable bonds is 10. The fourth-order valence-corrected chi connectivity index (χ4v) is 3.37. The monoisotopic (exact) mass is 434 g/mol. The molecule has 1 aromatic carbocycles. The van der Waals surface area contributed by atoms with E-state index in [-0.39, 0.29) is 13.0 Å². The van der Waals surface area contributed by atoms with E-state index < -0.39 is 60.8 Å². The molecule has 1 aliphatic heterocycles. The lowest BCUT2D eigenvalue weighted by molar-refractivity contribution is -0.144. The first-order valence-corrected chi connectivity index (χ1v) is 9.80. The van der Waals surface area contributed by atoms with Gasteiger partial charge in [0.05, 0.1) is 19.0 Å². The van der Waals surface area contributed by atoms with E-state index in [1.807, 2.05) is 0 Å². The van der Waals surface area contributed by atoms with Gasteiger partial charge in [-0.1, -0.05) is 30.3 Å². The van der Waals surface area contributed by atoms with Gasteiger partial charge < -0.3 is 31.5 Å². The molecule has 1 saturated heterocycles. The number of nitrogens with zero attached hydrogens (tertiary/aromatic N) is 1. The zero-order valence-electron chi connectivity index (χ0n) is 16.8. The summed E-state index contributed by atoms with van der Waals surface area (Å²) in [5.41, 5.74) is 6.34. The predicted molar refractivity (Wildman–Crippen MR) is 108 cm³/mol. The second-order valence-electron chi connectivity index (χ2n) is 7.26. The van der Waals surface area contributed by atoms with Crippen molar-refractivity contribution in [2.45, 2.75) is 43.8 Å². The van der Waals surface area contributed by atoms with E-state index in [2.05, 4.69) is 10.6 Å². The van der Waals surface area contributed by atoms with Crippen LogP contribution in [0.15, 0.2) is 30.3 Å². The second-order valence-corrected chi connectivity index (χ2v) is 7.26. The van der Waals surface area contributed by atoms with Crippen molar-refractivity contribution in [3.63, 3.8) is 0 Å². The third-order valence-corrected chi connectivity index (χ3v) is 4.89. The lowest BCUT2D eigenvalue weighted by Gasteiger charge is -2.26. The Morgan fingerprint density at radius 2 is 1.81 bits per heavy atom. The van der Waals surface area contributed by atoms with Crippen LogP contribution in [0.4, 0.5) is 0 Å². The van der Waals surface area contributed by atoms with Crippen molar-refractivity contribution >= 4 is 29.7 Å². The minimum Gasteiger partial charge on any atom is -0.481 e. The maximum absolute atomic E-state index is 12.5. The van der Waals surface area contributed by atoms with Crippen LogP contribution in [-0.4, -0.2) is 76.0 Å². The van der Waals surface area contributed by atoms with Gasteiger partial charge in [-0.2, -0.15) is 0 Å². The lowest BCUT2D eigenvalue weighted by Crippen LogP contribution is -2.53. The fourth-order valence-electron chi connectivity index (χ4n) is 3.37. The maximum atomic E-state index is 12.5. The summed E-state index contributed by atoms with van der Waals surface area (Å²) in [4.78, 5) is 60.4. The zero-order chi connectivity index (χ0) is 23.0. The molecule has 6 N–H and O–H groups in total. The van der Waals surface area contributed by atoms with Crippen LogP contribution in [0, 0.1) is 0 Å².